The van der Waals surface area contributed by atoms with E-state index in [1.807, 2.05) is 20.8 Å². The van der Waals surface area contributed by atoms with Crippen LogP contribution in [0.4, 0.5) is 4.79 Å². The molecule has 1 fully saturated rings. The van der Waals surface area contributed by atoms with Gasteiger partial charge in [0.05, 0.1) is 7.11 Å². The molecule has 0 aromatic carbocycles. The second kappa shape index (κ2) is 5.23. The Morgan fingerprint density at radius 3 is 2.42 bits per heavy atom. The van der Waals surface area contributed by atoms with Gasteiger partial charge in [0.25, 0.3) is 0 Å². The number of hydrogen-bond acceptors (Lipinski definition) is 4. The van der Waals surface area contributed by atoms with Gasteiger partial charge < -0.3 is 14.4 Å². The predicted molar refractivity (Wildman–Crippen MR) is 71.7 cm³/mol. The number of carbonyl (C=O) groups excluding carboxylic acids is 2. The summed E-state index contributed by atoms with van der Waals surface area (Å²) in [7, 11) is 1.34. The molecule has 108 valence electrons. The molecule has 0 aromatic rings. The normalized spacial score (nSPS) is 24.1. The smallest absolute Gasteiger partial charge is 0.410 e. The average Bonchev–Trinajstić information content (AvgIpc) is 2.29. The Morgan fingerprint density at radius 1 is 1.37 bits per heavy atom. The molecular weight excluding hydrogens is 246 g/mol. The van der Waals surface area contributed by atoms with Gasteiger partial charge in [0.2, 0.25) is 0 Å². The molecule has 0 radical (unpaired) electrons. The van der Waals surface area contributed by atoms with Crippen molar-refractivity contribution in [2.24, 2.45) is 5.41 Å². The molecule has 0 aromatic heterocycles. The molecule has 0 saturated carbocycles. The van der Waals surface area contributed by atoms with Gasteiger partial charge in [0, 0.05) is 13.1 Å². The van der Waals surface area contributed by atoms with Crippen LogP contribution in [0, 0.1) is 5.41 Å². The van der Waals surface area contributed by atoms with Crippen LogP contribution in [0.25, 0.3) is 0 Å². The lowest BCUT2D eigenvalue weighted by Crippen LogP contribution is -2.51. The minimum atomic E-state index is -0.857. The number of ether oxygens (including phenoxy) is 2. The average molecular weight is 269 g/mol. The van der Waals surface area contributed by atoms with E-state index in [0.717, 1.165) is 5.57 Å². The number of likely N-dealkylation sites (tertiary alicyclic amines) is 1. The molecular formula is C14H23NO4. The fraction of sp³-hybridized carbons (Fsp3) is 0.714. The lowest BCUT2D eigenvalue weighted by Gasteiger charge is -2.40. The van der Waals surface area contributed by atoms with Crippen LogP contribution >= 0.6 is 0 Å². The molecule has 1 saturated heterocycles. The first-order valence-corrected chi connectivity index (χ1v) is 6.35. The maximum absolute atomic E-state index is 12.0. The summed E-state index contributed by atoms with van der Waals surface area (Å²) in [5.74, 6) is -0.370. The molecule has 1 atom stereocenters. The molecule has 0 spiro atoms. The molecule has 1 heterocycles. The first-order valence-electron chi connectivity index (χ1n) is 6.35. The molecule has 0 aliphatic carbocycles. The number of esters is 1. The van der Waals surface area contributed by atoms with Gasteiger partial charge >= 0.3 is 12.1 Å². The Hall–Kier alpha value is -1.52. The Kier molecular flexibility index (Phi) is 4.28. The molecule has 1 amide bonds. The van der Waals surface area contributed by atoms with E-state index in [1.165, 1.54) is 12.0 Å². The van der Waals surface area contributed by atoms with Gasteiger partial charge in [0.15, 0.2) is 0 Å². The Balaban J connectivity index is 2.83. The van der Waals surface area contributed by atoms with Crippen molar-refractivity contribution in [1.29, 1.82) is 0 Å². The van der Waals surface area contributed by atoms with Gasteiger partial charge in [-0.15, -0.1) is 0 Å². The molecule has 0 N–H and O–H groups in total. The largest absolute Gasteiger partial charge is 0.468 e. The van der Waals surface area contributed by atoms with Gasteiger partial charge in [-0.3, -0.25) is 4.79 Å². The lowest BCUT2D eigenvalue weighted by atomic mass is 9.78. The molecule has 19 heavy (non-hydrogen) atoms. The van der Waals surface area contributed by atoms with Crippen LogP contribution in [0.5, 0.6) is 0 Å². The number of methoxy groups -OCH3 is 1. The number of amides is 1. The van der Waals surface area contributed by atoms with Crippen molar-refractivity contribution in [3.8, 4) is 0 Å². The number of piperidine rings is 1. The van der Waals surface area contributed by atoms with Gasteiger partial charge in [-0.25, -0.2) is 4.79 Å². The number of rotatable bonds is 1. The molecule has 5 heteroatoms. The molecule has 1 rings (SSSR count). The Labute approximate surface area is 114 Å². The summed E-state index contributed by atoms with van der Waals surface area (Å²) in [5, 5.41) is 0. The van der Waals surface area contributed by atoms with Crippen LogP contribution in [-0.2, 0) is 14.3 Å². The van der Waals surface area contributed by atoms with Crippen molar-refractivity contribution in [1.82, 2.24) is 4.90 Å². The first-order chi connectivity index (χ1) is 8.60. The molecule has 5 nitrogen and oxygen atoms in total. The summed E-state index contributed by atoms with van der Waals surface area (Å²) in [6.45, 7) is 11.9. The first kappa shape index (κ1) is 15.5. The Bertz CT molecular complexity index is 387. The maximum Gasteiger partial charge on any atom is 0.410 e. The molecule has 1 aliphatic heterocycles. The van der Waals surface area contributed by atoms with E-state index in [0.29, 0.717) is 13.0 Å². The predicted octanol–water partition coefficient (Wildman–Crippen LogP) is 2.36. The van der Waals surface area contributed by atoms with Crippen molar-refractivity contribution >= 4 is 12.1 Å². The standard InChI is InChI=1S/C14H23NO4/c1-10-7-8-15(12(17)19-13(2,3)4)9-14(10,5)11(16)18-6/h1,7-9H2,2-6H3/t14-/m1/s1. The highest BCUT2D eigenvalue weighted by Crippen LogP contribution is 2.35. The van der Waals surface area contributed by atoms with Gasteiger partial charge in [0.1, 0.15) is 11.0 Å². The van der Waals surface area contributed by atoms with E-state index in [-0.39, 0.29) is 12.5 Å². The van der Waals surface area contributed by atoms with Crippen molar-refractivity contribution in [3.63, 3.8) is 0 Å². The van der Waals surface area contributed by atoms with Crippen LogP contribution in [0.3, 0.4) is 0 Å². The summed E-state index contributed by atoms with van der Waals surface area (Å²) in [6.07, 6.45) is 0.167. The van der Waals surface area contributed by atoms with E-state index in [9.17, 15) is 9.59 Å². The zero-order valence-corrected chi connectivity index (χ0v) is 12.4. The van der Waals surface area contributed by atoms with Crippen molar-refractivity contribution in [2.45, 2.75) is 39.7 Å². The van der Waals surface area contributed by atoms with E-state index in [1.54, 1.807) is 6.92 Å². The SMILES string of the molecule is C=C1CCN(C(=O)OC(C)(C)C)C[C@@]1(C)C(=O)OC. The summed E-state index contributed by atoms with van der Waals surface area (Å²) in [5.41, 5.74) is -0.615. The van der Waals surface area contributed by atoms with Crippen LogP contribution in [-0.4, -0.2) is 42.8 Å². The fourth-order valence-electron chi connectivity index (χ4n) is 2.03. The third-order valence-corrected chi connectivity index (χ3v) is 3.26. The number of hydrogen-bond donors (Lipinski definition) is 0. The van der Waals surface area contributed by atoms with E-state index >= 15 is 0 Å². The van der Waals surface area contributed by atoms with Crippen LogP contribution in [0.2, 0.25) is 0 Å². The minimum absolute atomic E-state index is 0.243. The monoisotopic (exact) mass is 269 g/mol. The van der Waals surface area contributed by atoms with E-state index in [4.69, 9.17) is 9.47 Å². The third-order valence-electron chi connectivity index (χ3n) is 3.26. The van der Waals surface area contributed by atoms with Crippen molar-refractivity contribution in [3.05, 3.63) is 12.2 Å². The quantitative estimate of drug-likeness (QED) is 0.541. The third kappa shape index (κ3) is 3.49. The van der Waals surface area contributed by atoms with Crippen molar-refractivity contribution in [2.75, 3.05) is 20.2 Å². The fourth-order valence-corrected chi connectivity index (χ4v) is 2.03. The molecule has 0 unspecified atom stereocenters. The van der Waals surface area contributed by atoms with Crippen LogP contribution < -0.4 is 0 Å². The van der Waals surface area contributed by atoms with E-state index in [2.05, 4.69) is 6.58 Å². The van der Waals surface area contributed by atoms with Gasteiger partial charge in [-0.05, 0) is 34.1 Å². The van der Waals surface area contributed by atoms with Gasteiger partial charge in [-0.2, -0.15) is 0 Å². The molecule has 0 bridgehead atoms. The highest BCUT2D eigenvalue weighted by molar-refractivity contribution is 5.81. The summed E-state index contributed by atoms with van der Waals surface area (Å²) in [4.78, 5) is 25.5. The van der Waals surface area contributed by atoms with Crippen LogP contribution in [0.1, 0.15) is 34.1 Å². The zero-order chi connectivity index (χ0) is 14.8. The zero-order valence-electron chi connectivity index (χ0n) is 12.4. The van der Waals surface area contributed by atoms with Crippen LogP contribution in [0.15, 0.2) is 12.2 Å². The maximum atomic E-state index is 12.0. The number of carbonyl (C=O) groups is 2. The lowest BCUT2D eigenvalue weighted by molar-refractivity contribution is -0.151. The summed E-state index contributed by atoms with van der Waals surface area (Å²) < 4.78 is 10.1. The summed E-state index contributed by atoms with van der Waals surface area (Å²) >= 11 is 0. The highest BCUT2D eigenvalue weighted by Gasteiger charge is 2.43. The summed E-state index contributed by atoms with van der Waals surface area (Å²) in [6, 6.07) is 0. The second-order valence-corrected chi connectivity index (χ2v) is 6.08. The topological polar surface area (TPSA) is 55.8 Å². The minimum Gasteiger partial charge on any atom is -0.468 e. The highest BCUT2D eigenvalue weighted by atomic mass is 16.6. The second-order valence-electron chi connectivity index (χ2n) is 6.08. The number of nitrogens with zero attached hydrogens (tertiary/aromatic N) is 1. The van der Waals surface area contributed by atoms with Crippen molar-refractivity contribution < 1.29 is 19.1 Å². The van der Waals surface area contributed by atoms with E-state index < -0.39 is 17.1 Å². The Morgan fingerprint density at radius 2 is 1.95 bits per heavy atom. The van der Waals surface area contributed by atoms with Gasteiger partial charge in [-0.1, -0.05) is 12.2 Å². The molecule has 1 aliphatic rings.